The third-order valence-corrected chi connectivity index (χ3v) is 5.56. The van der Waals surface area contributed by atoms with Gasteiger partial charge in [0.15, 0.2) is 0 Å². The molecule has 2 atom stereocenters. The highest BCUT2D eigenvalue weighted by molar-refractivity contribution is 7.12. The van der Waals surface area contributed by atoms with E-state index in [1.54, 1.807) is 0 Å². The van der Waals surface area contributed by atoms with Crippen LogP contribution < -0.4 is 0 Å². The van der Waals surface area contributed by atoms with Crippen LogP contribution in [0.4, 0.5) is 0 Å². The molecule has 0 spiro atoms. The van der Waals surface area contributed by atoms with Gasteiger partial charge in [-0.1, -0.05) is 18.3 Å². The lowest BCUT2D eigenvalue weighted by atomic mass is 9.92. The highest BCUT2D eigenvalue weighted by Gasteiger charge is 2.34. The number of fused-ring (bicyclic) bond motifs is 1. The quantitative estimate of drug-likeness (QED) is 0.864. The second-order valence-corrected chi connectivity index (χ2v) is 7.08. The van der Waals surface area contributed by atoms with Gasteiger partial charge in [0.25, 0.3) is 0 Å². The predicted octanol–water partition coefficient (Wildman–Crippen LogP) is 3.25. The third kappa shape index (κ3) is 3.25. The molecule has 2 fully saturated rings. The maximum atomic E-state index is 8.75. The van der Waals surface area contributed by atoms with E-state index in [4.69, 9.17) is 5.11 Å². The van der Waals surface area contributed by atoms with Crippen molar-refractivity contribution in [1.82, 2.24) is 4.90 Å². The summed E-state index contributed by atoms with van der Waals surface area (Å²) in [6.45, 7) is 2.53. The molecular formula is C17H23NOS. The fourth-order valence-electron chi connectivity index (χ4n) is 3.69. The van der Waals surface area contributed by atoms with E-state index in [0.29, 0.717) is 6.42 Å². The van der Waals surface area contributed by atoms with Crippen LogP contribution in [0.25, 0.3) is 0 Å². The smallest absolute Gasteiger partial charge is 0.0771 e. The predicted molar refractivity (Wildman–Crippen MR) is 83.7 cm³/mol. The van der Waals surface area contributed by atoms with Crippen molar-refractivity contribution in [1.29, 1.82) is 0 Å². The lowest BCUT2D eigenvalue weighted by Crippen LogP contribution is -2.41. The molecular weight excluding hydrogens is 266 g/mol. The van der Waals surface area contributed by atoms with Gasteiger partial charge in [-0.2, -0.15) is 0 Å². The Kier molecular flexibility index (Phi) is 4.77. The van der Waals surface area contributed by atoms with E-state index in [2.05, 4.69) is 28.9 Å². The number of piperidine rings is 1. The van der Waals surface area contributed by atoms with Crippen molar-refractivity contribution in [3.05, 3.63) is 21.9 Å². The number of aliphatic hydroxyl groups excluding tert-OH is 1. The summed E-state index contributed by atoms with van der Waals surface area (Å²) in [5, 5.41) is 8.75. The first-order valence-corrected chi connectivity index (χ1v) is 8.61. The van der Waals surface area contributed by atoms with Gasteiger partial charge < -0.3 is 5.11 Å². The molecule has 3 heteroatoms. The third-order valence-electron chi connectivity index (χ3n) is 4.58. The van der Waals surface area contributed by atoms with Crippen LogP contribution in [0.15, 0.2) is 12.1 Å². The first-order valence-electron chi connectivity index (χ1n) is 7.79. The standard InChI is InChI=1S/C17H23NOS/c19-12-2-1-7-15-9-10-16(20-15)13-18-11-4-6-14-5-3-8-17(14)18/h9-10,14,17,19H,2-6,8,11-13H2. The van der Waals surface area contributed by atoms with Crippen molar-refractivity contribution in [2.24, 2.45) is 5.92 Å². The van der Waals surface area contributed by atoms with Gasteiger partial charge in [0.2, 0.25) is 0 Å². The maximum absolute atomic E-state index is 8.75. The number of likely N-dealkylation sites (tertiary alicyclic amines) is 1. The Bertz CT molecular complexity index is 499. The van der Waals surface area contributed by atoms with Crippen LogP contribution in [0.5, 0.6) is 0 Å². The average Bonchev–Trinajstić information content (AvgIpc) is 3.09. The maximum Gasteiger partial charge on any atom is 0.0771 e. The Morgan fingerprint density at radius 1 is 1.25 bits per heavy atom. The van der Waals surface area contributed by atoms with Crippen LogP contribution in [0.3, 0.4) is 0 Å². The molecule has 1 N–H and O–H groups in total. The first-order chi connectivity index (χ1) is 9.86. The van der Waals surface area contributed by atoms with E-state index in [9.17, 15) is 0 Å². The monoisotopic (exact) mass is 289 g/mol. The van der Waals surface area contributed by atoms with Gasteiger partial charge in [-0.15, -0.1) is 11.3 Å². The van der Waals surface area contributed by atoms with Crippen molar-refractivity contribution < 1.29 is 5.11 Å². The summed E-state index contributed by atoms with van der Waals surface area (Å²) < 4.78 is 0. The highest BCUT2D eigenvalue weighted by Crippen LogP contribution is 2.37. The summed E-state index contributed by atoms with van der Waals surface area (Å²) in [6.07, 6.45) is 7.67. The van der Waals surface area contributed by atoms with Crippen LogP contribution >= 0.6 is 11.3 Å². The van der Waals surface area contributed by atoms with Gasteiger partial charge in [-0.25, -0.2) is 0 Å². The largest absolute Gasteiger partial charge is 0.395 e. The van der Waals surface area contributed by atoms with Crippen molar-refractivity contribution in [3.8, 4) is 11.8 Å². The summed E-state index contributed by atoms with van der Waals surface area (Å²) in [6, 6.07) is 5.20. The number of nitrogens with zero attached hydrogens (tertiary/aromatic N) is 1. The molecule has 20 heavy (non-hydrogen) atoms. The Hall–Kier alpha value is -0.820. The number of thiophene rings is 1. The van der Waals surface area contributed by atoms with E-state index >= 15 is 0 Å². The van der Waals surface area contributed by atoms with E-state index < -0.39 is 0 Å². The molecule has 1 aromatic heterocycles. The van der Waals surface area contributed by atoms with E-state index in [1.165, 1.54) is 43.5 Å². The van der Waals surface area contributed by atoms with Crippen LogP contribution in [0.1, 0.15) is 48.3 Å². The van der Waals surface area contributed by atoms with Crippen LogP contribution in [0.2, 0.25) is 0 Å². The van der Waals surface area contributed by atoms with Gasteiger partial charge >= 0.3 is 0 Å². The fraction of sp³-hybridized carbons (Fsp3) is 0.647. The summed E-state index contributed by atoms with van der Waals surface area (Å²) in [5.41, 5.74) is 0. The molecule has 2 aliphatic rings. The van der Waals surface area contributed by atoms with Crippen LogP contribution in [0, 0.1) is 17.8 Å². The van der Waals surface area contributed by atoms with Gasteiger partial charge in [-0.3, -0.25) is 4.90 Å². The Morgan fingerprint density at radius 2 is 2.15 bits per heavy atom. The summed E-state index contributed by atoms with van der Waals surface area (Å²) in [4.78, 5) is 5.28. The Balaban J connectivity index is 1.61. The number of rotatable bonds is 3. The fourth-order valence-corrected chi connectivity index (χ4v) is 4.60. The van der Waals surface area contributed by atoms with E-state index in [1.807, 2.05) is 11.3 Å². The number of hydrogen-bond acceptors (Lipinski definition) is 3. The minimum Gasteiger partial charge on any atom is -0.395 e. The minimum absolute atomic E-state index is 0.155. The van der Waals surface area contributed by atoms with Crippen molar-refractivity contribution in [2.75, 3.05) is 13.2 Å². The van der Waals surface area contributed by atoms with E-state index in [0.717, 1.165) is 23.4 Å². The molecule has 1 saturated heterocycles. The van der Waals surface area contributed by atoms with Gasteiger partial charge in [-0.05, 0) is 50.3 Å². The molecule has 2 unspecified atom stereocenters. The summed E-state index contributed by atoms with van der Waals surface area (Å²) in [7, 11) is 0. The lowest BCUT2D eigenvalue weighted by molar-refractivity contribution is 0.107. The SMILES string of the molecule is OCCC#Cc1ccc(CN2CCCC3CCCC32)s1. The molecule has 1 aliphatic carbocycles. The number of aliphatic hydroxyl groups is 1. The topological polar surface area (TPSA) is 23.5 Å². The zero-order chi connectivity index (χ0) is 13.8. The second-order valence-electron chi connectivity index (χ2n) is 5.91. The van der Waals surface area contributed by atoms with Crippen LogP contribution in [-0.2, 0) is 6.54 Å². The molecule has 3 rings (SSSR count). The van der Waals surface area contributed by atoms with Gasteiger partial charge in [0, 0.05) is 23.9 Å². The zero-order valence-electron chi connectivity index (χ0n) is 12.0. The minimum atomic E-state index is 0.155. The normalized spacial score (nSPS) is 26.1. The molecule has 0 aromatic carbocycles. The van der Waals surface area contributed by atoms with Gasteiger partial charge in [0.1, 0.15) is 0 Å². The van der Waals surface area contributed by atoms with E-state index in [-0.39, 0.29) is 6.61 Å². The average molecular weight is 289 g/mol. The first kappa shape index (κ1) is 14.1. The Morgan fingerprint density at radius 3 is 3.05 bits per heavy atom. The van der Waals surface area contributed by atoms with Crippen molar-refractivity contribution >= 4 is 11.3 Å². The van der Waals surface area contributed by atoms with Crippen molar-refractivity contribution in [2.45, 2.75) is 51.1 Å². The molecule has 1 saturated carbocycles. The van der Waals surface area contributed by atoms with Crippen molar-refractivity contribution in [3.63, 3.8) is 0 Å². The molecule has 0 radical (unpaired) electrons. The molecule has 2 heterocycles. The molecule has 2 nitrogen and oxygen atoms in total. The van der Waals surface area contributed by atoms with Gasteiger partial charge in [0.05, 0.1) is 11.5 Å². The second kappa shape index (κ2) is 6.76. The molecule has 0 bridgehead atoms. The summed E-state index contributed by atoms with van der Waals surface area (Å²) in [5.74, 6) is 7.11. The van der Waals surface area contributed by atoms with Crippen LogP contribution in [-0.4, -0.2) is 29.2 Å². The molecule has 1 aromatic rings. The number of hydrogen-bond donors (Lipinski definition) is 1. The summed E-state index contributed by atoms with van der Waals surface area (Å²) >= 11 is 1.81. The zero-order valence-corrected chi connectivity index (χ0v) is 12.8. The Labute approximate surface area is 125 Å². The molecule has 108 valence electrons. The lowest BCUT2D eigenvalue weighted by Gasteiger charge is -2.37. The molecule has 0 amide bonds. The highest BCUT2D eigenvalue weighted by atomic mass is 32.1. The molecule has 1 aliphatic heterocycles.